The van der Waals surface area contributed by atoms with Crippen molar-refractivity contribution in [3.05, 3.63) is 35.9 Å². The fourth-order valence-electron chi connectivity index (χ4n) is 2.34. The van der Waals surface area contributed by atoms with Gasteiger partial charge >= 0.3 is 0 Å². The predicted molar refractivity (Wildman–Crippen MR) is 66.7 cm³/mol. The number of halogens is 1. The maximum Gasteiger partial charge on any atom is 0.0924 e. The largest absolute Gasteiger partial charge is 0.385 e. The summed E-state index contributed by atoms with van der Waals surface area (Å²) < 4.78 is 0. The molecule has 1 aliphatic heterocycles. The molecular formula is C13H18ClNO. The quantitative estimate of drug-likeness (QED) is 0.776. The second-order valence-corrected chi connectivity index (χ2v) is 5.28. The standard InChI is InChI=1S/C13H18ClNO/c1-10(14)12-9-13(16,7-8-15-12)11-5-3-2-4-6-11/h2-6,10,12,15-16H,7-9H2,1H3. The third kappa shape index (κ3) is 2.40. The van der Waals surface area contributed by atoms with Crippen LogP contribution in [0.4, 0.5) is 0 Å². The number of benzene rings is 1. The van der Waals surface area contributed by atoms with E-state index in [9.17, 15) is 5.11 Å². The van der Waals surface area contributed by atoms with E-state index in [1.165, 1.54) is 0 Å². The predicted octanol–water partition coefficient (Wildman–Crippen LogP) is 2.25. The molecule has 2 nitrogen and oxygen atoms in total. The Kier molecular flexibility index (Phi) is 3.53. The second kappa shape index (κ2) is 4.74. The van der Waals surface area contributed by atoms with E-state index in [0.29, 0.717) is 6.42 Å². The second-order valence-electron chi connectivity index (χ2n) is 4.59. The van der Waals surface area contributed by atoms with Crippen molar-refractivity contribution in [2.75, 3.05) is 6.54 Å². The summed E-state index contributed by atoms with van der Waals surface area (Å²) in [5.41, 5.74) is 0.277. The van der Waals surface area contributed by atoms with Crippen LogP contribution in [0.15, 0.2) is 30.3 Å². The third-order valence-corrected chi connectivity index (χ3v) is 3.67. The van der Waals surface area contributed by atoms with Gasteiger partial charge in [-0.2, -0.15) is 0 Å². The Hall–Kier alpha value is -0.570. The van der Waals surface area contributed by atoms with Crippen molar-refractivity contribution in [3.63, 3.8) is 0 Å². The minimum Gasteiger partial charge on any atom is -0.385 e. The van der Waals surface area contributed by atoms with E-state index in [2.05, 4.69) is 5.32 Å². The zero-order valence-corrected chi connectivity index (χ0v) is 10.2. The molecule has 1 aromatic rings. The van der Waals surface area contributed by atoms with E-state index < -0.39 is 5.60 Å². The Morgan fingerprint density at radius 1 is 1.44 bits per heavy atom. The van der Waals surface area contributed by atoms with Crippen LogP contribution in [-0.2, 0) is 5.60 Å². The third-order valence-electron chi connectivity index (χ3n) is 3.37. The Morgan fingerprint density at radius 3 is 2.75 bits per heavy atom. The van der Waals surface area contributed by atoms with Crippen LogP contribution in [0.5, 0.6) is 0 Å². The van der Waals surface area contributed by atoms with Crippen molar-refractivity contribution in [1.29, 1.82) is 0 Å². The van der Waals surface area contributed by atoms with Crippen molar-refractivity contribution in [2.24, 2.45) is 0 Å². The Labute approximate surface area is 102 Å². The van der Waals surface area contributed by atoms with Gasteiger partial charge in [0.25, 0.3) is 0 Å². The van der Waals surface area contributed by atoms with Crippen LogP contribution >= 0.6 is 11.6 Å². The van der Waals surface area contributed by atoms with Crippen LogP contribution in [0, 0.1) is 0 Å². The lowest BCUT2D eigenvalue weighted by Crippen LogP contribution is -2.49. The molecule has 3 atom stereocenters. The number of alkyl halides is 1. The van der Waals surface area contributed by atoms with Gasteiger partial charge in [0.15, 0.2) is 0 Å². The van der Waals surface area contributed by atoms with E-state index >= 15 is 0 Å². The molecule has 0 saturated carbocycles. The number of hydrogen-bond donors (Lipinski definition) is 2. The minimum absolute atomic E-state index is 0.0375. The molecule has 0 aliphatic carbocycles. The van der Waals surface area contributed by atoms with Crippen molar-refractivity contribution in [1.82, 2.24) is 5.32 Å². The highest BCUT2D eigenvalue weighted by atomic mass is 35.5. The molecule has 1 saturated heterocycles. The van der Waals surface area contributed by atoms with Crippen LogP contribution in [0.2, 0.25) is 0 Å². The highest BCUT2D eigenvalue weighted by molar-refractivity contribution is 6.20. The summed E-state index contributed by atoms with van der Waals surface area (Å²) in [6, 6.07) is 10.1. The van der Waals surface area contributed by atoms with E-state index in [1.807, 2.05) is 37.3 Å². The van der Waals surface area contributed by atoms with Gasteiger partial charge in [-0.05, 0) is 31.9 Å². The molecule has 16 heavy (non-hydrogen) atoms. The molecule has 0 amide bonds. The summed E-state index contributed by atoms with van der Waals surface area (Å²) in [4.78, 5) is 0. The fourth-order valence-corrected chi connectivity index (χ4v) is 2.52. The maximum absolute atomic E-state index is 10.7. The van der Waals surface area contributed by atoms with Crippen molar-refractivity contribution in [3.8, 4) is 0 Å². The molecule has 1 aromatic carbocycles. The lowest BCUT2D eigenvalue weighted by molar-refractivity contribution is -0.00893. The summed E-state index contributed by atoms with van der Waals surface area (Å²) >= 11 is 6.10. The van der Waals surface area contributed by atoms with Gasteiger partial charge in [-0.25, -0.2) is 0 Å². The van der Waals surface area contributed by atoms with Crippen LogP contribution < -0.4 is 5.32 Å². The highest BCUT2D eigenvalue weighted by Crippen LogP contribution is 2.33. The van der Waals surface area contributed by atoms with E-state index in [1.54, 1.807) is 0 Å². The van der Waals surface area contributed by atoms with Gasteiger partial charge < -0.3 is 10.4 Å². The van der Waals surface area contributed by atoms with Crippen LogP contribution in [0.25, 0.3) is 0 Å². The average molecular weight is 240 g/mol. The minimum atomic E-state index is -0.722. The monoisotopic (exact) mass is 239 g/mol. The molecule has 1 heterocycles. The van der Waals surface area contributed by atoms with E-state index in [0.717, 1.165) is 18.5 Å². The zero-order valence-electron chi connectivity index (χ0n) is 9.49. The van der Waals surface area contributed by atoms with Crippen LogP contribution in [0.3, 0.4) is 0 Å². The molecule has 2 N–H and O–H groups in total. The SMILES string of the molecule is CC(Cl)C1CC(O)(c2ccccc2)CCN1. The smallest absolute Gasteiger partial charge is 0.0924 e. The van der Waals surface area contributed by atoms with Gasteiger partial charge in [0.2, 0.25) is 0 Å². The van der Waals surface area contributed by atoms with Gasteiger partial charge in [-0.3, -0.25) is 0 Å². The number of nitrogens with one attached hydrogen (secondary N) is 1. The van der Waals surface area contributed by atoms with Crippen molar-refractivity contribution < 1.29 is 5.11 Å². The molecule has 1 fully saturated rings. The first-order valence-electron chi connectivity index (χ1n) is 5.77. The van der Waals surface area contributed by atoms with Crippen LogP contribution in [-0.4, -0.2) is 23.1 Å². The first kappa shape index (κ1) is 11.9. The first-order chi connectivity index (χ1) is 7.62. The topological polar surface area (TPSA) is 32.3 Å². The Bertz CT molecular complexity index is 341. The molecule has 1 aliphatic rings. The lowest BCUT2D eigenvalue weighted by atomic mass is 9.81. The highest BCUT2D eigenvalue weighted by Gasteiger charge is 2.36. The fraction of sp³-hybridized carbons (Fsp3) is 0.538. The number of hydrogen-bond acceptors (Lipinski definition) is 2. The molecule has 3 heteroatoms. The van der Waals surface area contributed by atoms with Crippen molar-refractivity contribution >= 4 is 11.6 Å². The Balaban J connectivity index is 2.19. The van der Waals surface area contributed by atoms with Crippen molar-refractivity contribution in [2.45, 2.75) is 36.8 Å². The van der Waals surface area contributed by atoms with Gasteiger partial charge in [-0.15, -0.1) is 11.6 Å². The molecular weight excluding hydrogens is 222 g/mol. The zero-order chi connectivity index (χ0) is 11.6. The lowest BCUT2D eigenvalue weighted by Gasteiger charge is -2.39. The molecule has 0 bridgehead atoms. The molecule has 2 rings (SSSR count). The van der Waals surface area contributed by atoms with Gasteiger partial charge in [-0.1, -0.05) is 30.3 Å². The number of piperidine rings is 1. The van der Waals surface area contributed by atoms with E-state index in [4.69, 9.17) is 11.6 Å². The molecule has 0 radical (unpaired) electrons. The van der Waals surface area contributed by atoms with Gasteiger partial charge in [0.05, 0.1) is 5.60 Å². The molecule has 3 unspecified atom stereocenters. The summed E-state index contributed by atoms with van der Waals surface area (Å²) in [6.07, 6.45) is 1.43. The number of rotatable bonds is 2. The molecule has 0 spiro atoms. The summed E-state index contributed by atoms with van der Waals surface area (Å²) in [6.45, 7) is 2.78. The summed E-state index contributed by atoms with van der Waals surface area (Å²) in [5, 5.41) is 14.1. The van der Waals surface area contributed by atoms with Crippen LogP contribution in [0.1, 0.15) is 25.3 Å². The Morgan fingerprint density at radius 2 is 2.12 bits per heavy atom. The average Bonchev–Trinajstić information content (AvgIpc) is 2.30. The van der Waals surface area contributed by atoms with E-state index in [-0.39, 0.29) is 11.4 Å². The van der Waals surface area contributed by atoms with Gasteiger partial charge in [0.1, 0.15) is 0 Å². The maximum atomic E-state index is 10.7. The summed E-state index contributed by atoms with van der Waals surface area (Å²) in [7, 11) is 0. The molecule has 88 valence electrons. The normalized spacial score (nSPS) is 32.3. The van der Waals surface area contributed by atoms with Gasteiger partial charge in [0, 0.05) is 11.4 Å². The summed E-state index contributed by atoms with van der Waals surface area (Å²) in [5.74, 6) is 0. The first-order valence-corrected chi connectivity index (χ1v) is 6.21. The number of aliphatic hydroxyl groups is 1. The molecule has 0 aromatic heterocycles.